The molecule has 1 heterocycles. The number of carbonyl (C=O) groups excluding carboxylic acids is 2. The number of rotatable bonds is 4. The number of nitriles is 1. The van der Waals surface area contributed by atoms with E-state index in [0.717, 1.165) is 18.5 Å². The number of amides is 2. The summed E-state index contributed by atoms with van der Waals surface area (Å²) in [6, 6.07) is 9.41. The Bertz CT molecular complexity index is 596. The van der Waals surface area contributed by atoms with Gasteiger partial charge in [0.05, 0.1) is 6.07 Å². The van der Waals surface area contributed by atoms with Crippen LogP contribution in [-0.2, 0) is 4.79 Å². The molecule has 1 aromatic carbocycles. The lowest BCUT2D eigenvalue weighted by atomic mass is 10.0. The second-order valence-corrected chi connectivity index (χ2v) is 5.90. The minimum Gasteiger partial charge on any atom is -0.378 e. The highest BCUT2D eigenvalue weighted by atomic mass is 16.2. The molecule has 1 aromatic rings. The summed E-state index contributed by atoms with van der Waals surface area (Å²) in [5.41, 5.74) is 1.68. The average Bonchev–Trinajstić information content (AvgIpc) is 2.55. The summed E-state index contributed by atoms with van der Waals surface area (Å²) in [4.78, 5) is 27.6. The van der Waals surface area contributed by atoms with E-state index < -0.39 is 0 Å². The van der Waals surface area contributed by atoms with Gasteiger partial charge in [0.25, 0.3) is 5.91 Å². The number of likely N-dealkylation sites (tertiary alicyclic amines) is 1. The minimum absolute atomic E-state index is 0.0714. The Kier molecular flexibility index (Phi) is 5.58. The van der Waals surface area contributed by atoms with Crippen LogP contribution in [0.15, 0.2) is 24.3 Å². The number of nitrogens with one attached hydrogen (secondary N) is 1. The SMILES string of the molecule is CN(C)c1ccc(C(=O)NC2CCN(C(=O)CC#N)CC2)cc1. The van der Waals surface area contributed by atoms with Crippen molar-refractivity contribution >= 4 is 17.5 Å². The molecule has 0 atom stereocenters. The van der Waals surface area contributed by atoms with E-state index in [4.69, 9.17) is 5.26 Å². The molecule has 0 aliphatic carbocycles. The van der Waals surface area contributed by atoms with Crippen molar-refractivity contribution in [3.63, 3.8) is 0 Å². The Morgan fingerprint density at radius 2 is 1.87 bits per heavy atom. The molecule has 1 aliphatic rings. The summed E-state index contributed by atoms with van der Waals surface area (Å²) in [7, 11) is 3.91. The van der Waals surface area contributed by atoms with E-state index in [0.29, 0.717) is 18.7 Å². The smallest absolute Gasteiger partial charge is 0.251 e. The summed E-state index contributed by atoms with van der Waals surface area (Å²) in [6.45, 7) is 1.18. The highest BCUT2D eigenvalue weighted by molar-refractivity contribution is 5.94. The van der Waals surface area contributed by atoms with Crippen LogP contribution in [0.1, 0.15) is 29.6 Å². The molecule has 1 N–H and O–H groups in total. The third-order valence-electron chi connectivity index (χ3n) is 4.06. The van der Waals surface area contributed by atoms with Gasteiger partial charge in [-0.05, 0) is 37.1 Å². The zero-order valence-corrected chi connectivity index (χ0v) is 13.6. The number of nitrogens with zero attached hydrogens (tertiary/aromatic N) is 3. The number of piperidine rings is 1. The Labute approximate surface area is 136 Å². The maximum atomic E-state index is 12.3. The van der Waals surface area contributed by atoms with Crippen LogP contribution in [0.25, 0.3) is 0 Å². The molecule has 0 unspecified atom stereocenters. The molecule has 1 aliphatic heterocycles. The molecule has 0 radical (unpaired) electrons. The third-order valence-corrected chi connectivity index (χ3v) is 4.06. The summed E-state index contributed by atoms with van der Waals surface area (Å²) < 4.78 is 0. The van der Waals surface area contributed by atoms with Gasteiger partial charge in [-0.25, -0.2) is 0 Å². The highest BCUT2D eigenvalue weighted by Crippen LogP contribution is 2.14. The molecular weight excluding hydrogens is 292 g/mol. The predicted molar refractivity (Wildman–Crippen MR) is 88.1 cm³/mol. The van der Waals surface area contributed by atoms with Crippen molar-refractivity contribution in [1.29, 1.82) is 5.26 Å². The molecule has 0 bridgehead atoms. The molecule has 23 heavy (non-hydrogen) atoms. The summed E-state index contributed by atoms with van der Waals surface area (Å²) >= 11 is 0. The highest BCUT2D eigenvalue weighted by Gasteiger charge is 2.23. The molecule has 1 saturated heterocycles. The van der Waals surface area contributed by atoms with E-state index in [1.165, 1.54) is 0 Å². The van der Waals surface area contributed by atoms with Gasteiger partial charge in [0, 0.05) is 44.5 Å². The lowest BCUT2D eigenvalue weighted by molar-refractivity contribution is -0.131. The molecule has 6 nitrogen and oxygen atoms in total. The van der Waals surface area contributed by atoms with Gasteiger partial charge in [-0.2, -0.15) is 5.26 Å². The monoisotopic (exact) mass is 314 g/mol. The van der Waals surface area contributed by atoms with Gasteiger partial charge in [-0.3, -0.25) is 9.59 Å². The van der Waals surface area contributed by atoms with Gasteiger partial charge in [0.15, 0.2) is 0 Å². The predicted octanol–water partition coefficient (Wildman–Crippen LogP) is 1.39. The Morgan fingerprint density at radius 3 is 2.39 bits per heavy atom. The first-order valence-electron chi connectivity index (χ1n) is 7.74. The molecular formula is C17H22N4O2. The fraction of sp³-hybridized carbons (Fsp3) is 0.471. The number of hydrogen-bond acceptors (Lipinski definition) is 4. The Balaban J connectivity index is 1.85. The van der Waals surface area contributed by atoms with Gasteiger partial charge < -0.3 is 15.1 Å². The number of benzene rings is 1. The topological polar surface area (TPSA) is 76.4 Å². The molecule has 0 aromatic heterocycles. The van der Waals surface area contributed by atoms with Crippen LogP contribution >= 0.6 is 0 Å². The van der Waals surface area contributed by atoms with Crippen LogP contribution in [0.2, 0.25) is 0 Å². The largest absolute Gasteiger partial charge is 0.378 e. The van der Waals surface area contributed by atoms with Crippen molar-refractivity contribution in [1.82, 2.24) is 10.2 Å². The molecule has 0 spiro atoms. The molecule has 1 fully saturated rings. The van der Waals surface area contributed by atoms with E-state index in [1.807, 2.05) is 49.3 Å². The van der Waals surface area contributed by atoms with Gasteiger partial charge in [-0.1, -0.05) is 0 Å². The summed E-state index contributed by atoms with van der Waals surface area (Å²) in [6.07, 6.45) is 1.37. The minimum atomic E-state index is -0.128. The number of carbonyl (C=O) groups is 2. The molecule has 2 rings (SSSR count). The third kappa shape index (κ3) is 4.46. The average molecular weight is 314 g/mol. The molecule has 0 saturated carbocycles. The van der Waals surface area contributed by atoms with Crippen LogP contribution < -0.4 is 10.2 Å². The molecule has 6 heteroatoms. The van der Waals surface area contributed by atoms with Crippen LogP contribution in [0.3, 0.4) is 0 Å². The van der Waals surface area contributed by atoms with Crippen molar-refractivity contribution in [3.05, 3.63) is 29.8 Å². The number of anilines is 1. The zero-order valence-electron chi connectivity index (χ0n) is 13.6. The first-order chi connectivity index (χ1) is 11.0. The van der Waals surface area contributed by atoms with E-state index in [1.54, 1.807) is 4.90 Å². The summed E-state index contributed by atoms with van der Waals surface area (Å²) in [5.74, 6) is -0.214. The number of hydrogen-bond donors (Lipinski definition) is 1. The second-order valence-electron chi connectivity index (χ2n) is 5.90. The van der Waals surface area contributed by atoms with Crippen molar-refractivity contribution in [2.45, 2.75) is 25.3 Å². The summed E-state index contributed by atoms with van der Waals surface area (Å²) in [5, 5.41) is 11.6. The fourth-order valence-corrected chi connectivity index (χ4v) is 2.63. The van der Waals surface area contributed by atoms with E-state index >= 15 is 0 Å². The normalized spacial score (nSPS) is 14.9. The lowest BCUT2D eigenvalue weighted by Crippen LogP contribution is -2.46. The first kappa shape index (κ1) is 16.8. The second kappa shape index (κ2) is 7.63. The maximum absolute atomic E-state index is 12.3. The van der Waals surface area contributed by atoms with Crippen LogP contribution in [0.5, 0.6) is 0 Å². The zero-order chi connectivity index (χ0) is 16.8. The standard InChI is InChI=1S/C17H22N4O2/c1-20(2)15-5-3-13(4-6-15)17(23)19-14-8-11-21(12-9-14)16(22)7-10-18/h3-6,14H,7-9,11-12H2,1-2H3,(H,19,23). The van der Waals surface area contributed by atoms with E-state index in [2.05, 4.69) is 5.32 Å². The van der Waals surface area contributed by atoms with Gasteiger partial charge in [-0.15, -0.1) is 0 Å². The van der Waals surface area contributed by atoms with Crippen LogP contribution in [0, 0.1) is 11.3 Å². The quantitative estimate of drug-likeness (QED) is 0.911. The van der Waals surface area contributed by atoms with Crippen molar-refractivity contribution < 1.29 is 9.59 Å². The Morgan fingerprint density at radius 1 is 1.26 bits per heavy atom. The van der Waals surface area contributed by atoms with Gasteiger partial charge in [0.1, 0.15) is 6.42 Å². The molecule has 122 valence electrons. The van der Waals surface area contributed by atoms with Gasteiger partial charge in [0.2, 0.25) is 5.91 Å². The molecule has 2 amide bonds. The fourth-order valence-electron chi connectivity index (χ4n) is 2.63. The van der Waals surface area contributed by atoms with Crippen molar-refractivity contribution in [3.8, 4) is 6.07 Å². The van der Waals surface area contributed by atoms with Crippen LogP contribution in [0.4, 0.5) is 5.69 Å². The van der Waals surface area contributed by atoms with Gasteiger partial charge >= 0.3 is 0 Å². The van der Waals surface area contributed by atoms with Crippen LogP contribution in [-0.4, -0.2) is 49.9 Å². The maximum Gasteiger partial charge on any atom is 0.251 e. The van der Waals surface area contributed by atoms with Crippen molar-refractivity contribution in [2.75, 3.05) is 32.1 Å². The van der Waals surface area contributed by atoms with Crippen molar-refractivity contribution in [2.24, 2.45) is 0 Å². The first-order valence-corrected chi connectivity index (χ1v) is 7.74. The van der Waals surface area contributed by atoms with E-state index in [9.17, 15) is 9.59 Å². The lowest BCUT2D eigenvalue weighted by Gasteiger charge is -2.32. The Hall–Kier alpha value is -2.55. The van der Waals surface area contributed by atoms with E-state index in [-0.39, 0.29) is 24.3 Å².